The van der Waals surface area contributed by atoms with E-state index in [1.54, 1.807) is 6.07 Å². The van der Waals surface area contributed by atoms with Crippen molar-refractivity contribution in [3.05, 3.63) is 41.7 Å². The minimum atomic E-state index is -5.08. The third-order valence-electron chi connectivity index (χ3n) is 5.47. The summed E-state index contributed by atoms with van der Waals surface area (Å²) in [6, 6.07) is 8.72. The van der Waals surface area contributed by atoms with E-state index in [0.717, 1.165) is 44.7 Å². The smallest absolute Gasteiger partial charge is 0.475 e. The van der Waals surface area contributed by atoms with Crippen LogP contribution in [0.5, 0.6) is 0 Å². The molecule has 188 valence electrons. The highest BCUT2D eigenvalue weighted by Crippen LogP contribution is 2.37. The number of carboxylic acid groups (broad SMARTS) is 1. The molecule has 1 N–H and O–H groups in total. The Morgan fingerprint density at radius 2 is 1.66 bits per heavy atom. The van der Waals surface area contributed by atoms with Crippen molar-refractivity contribution in [1.29, 1.82) is 5.26 Å². The van der Waals surface area contributed by atoms with Crippen LogP contribution in [0.25, 0.3) is 11.3 Å². The number of anilines is 1. The third kappa shape index (κ3) is 7.29. The second-order valence-corrected chi connectivity index (χ2v) is 8.12. The number of benzene rings is 1. The van der Waals surface area contributed by atoms with Gasteiger partial charge in [0.25, 0.3) is 0 Å². The number of hydrogen-bond acceptors (Lipinski definition) is 6. The number of carbonyl (C=O) groups is 1. The number of carboxylic acids is 1. The molecule has 0 bridgehead atoms. The molecule has 2 heterocycles. The molecule has 2 fully saturated rings. The summed E-state index contributed by atoms with van der Waals surface area (Å²) in [6.45, 7) is 4.35. The van der Waals surface area contributed by atoms with E-state index in [1.165, 1.54) is 31.0 Å². The summed E-state index contributed by atoms with van der Waals surface area (Å²) in [5.74, 6) is -1.55. The molecule has 1 aromatic carbocycles. The molecule has 2 aromatic rings. The lowest BCUT2D eigenvalue weighted by molar-refractivity contribution is -0.192. The zero-order valence-corrected chi connectivity index (χ0v) is 18.3. The average molecular weight is 501 g/mol. The van der Waals surface area contributed by atoms with Crippen LogP contribution in [0, 0.1) is 17.2 Å². The number of nitrogens with zero attached hydrogens (tertiary/aromatic N) is 5. The molecular weight excluding hydrogens is 480 g/mol. The van der Waals surface area contributed by atoms with Crippen LogP contribution in [0.1, 0.15) is 24.2 Å². The van der Waals surface area contributed by atoms with Gasteiger partial charge in [-0.1, -0.05) is 18.2 Å². The highest BCUT2D eigenvalue weighted by Gasteiger charge is 2.38. The number of rotatable bonds is 4. The van der Waals surface area contributed by atoms with E-state index in [2.05, 4.69) is 14.9 Å². The molecule has 0 radical (unpaired) electrons. The number of aliphatic carboxylic acids is 1. The van der Waals surface area contributed by atoms with Gasteiger partial charge < -0.3 is 10.0 Å². The molecule has 1 aliphatic heterocycles. The van der Waals surface area contributed by atoms with Crippen LogP contribution in [0.15, 0.2) is 30.3 Å². The fourth-order valence-corrected chi connectivity index (χ4v) is 3.56. The Labute approximate surface area is 196 Å². The molecule has 35 heavy (non-hydrogen) atoms. The van der Waals surface area contributed by atoms with E-state index in [4.69, 9.17) is 9.90 Å². The first-order valence-corrected chi connectivity index (χ1v) is 10.6. The summed E-state index contributed by atoms with van der Waals surface area (Å²) in [7, 11) is 0. The molecule has 7 nitrogen and oxygen atoms in total. The van der Waals surface area contributed by atoms with Crippen molar-refractivity contribution in [3.8, 4) is 17.3 Å². The molecule has 1 aliphatic carbocycles. The van der Waals surface area contributed by atoms with Crippen LogP contribution >= 0.6 is 0 Å². The lowest BCUT2D eigenvalue weighted by Crippen LogP contribution is -2.47. The molecule has 1 saturated heterocycles. The van der Waals surface area contributed by atoms with Gasteiger partial charge in [-0.3, -0.25) is 4.90 Å². The van der Waals surface area contributed by atoms with Gasteiger partial charge in [0.1, 0.15) is 11.9 Å². The largest absolute Gasteiger partial charge is 0.490 e. The standard InChI is InChI=1S/C20H20F3N5.C2HF3O2/c21-20(22,23)16-4-2-1-3-15(16)17-11-19(26-18(12-24)25-17)28-9-7-27(8-10-28)13-14-5-6-14;3-2(4,5)1(6)7/h1-4,11,14H,5-10,13H2;(H,6,7). The lowest BCUT2D eigenvalue weighted by Gasteiger charge is -2.35. The number of aromatic nitrogens is 2. The summed E-state index contributed by atoms with van der Waals surface area (Å²) in [5.41, 5.74) is -0.685. The fraction of sp³-hybridized carbons (Fsp3) is 0.455. The van der Waals surface area contributed by atoms with Gasteiger partial charge in [-0.05, 0) is 24.8 Å². The second kappa shape index (κ2) is 10.5. The van der Waals surface area contributed by atoms with Gasteiger partial charge in [0.15, 0.2) is 0 Å². The lowest BCUT2D eigenvalue weighted by atomic mass is 10.0. The maximum Gasteiger partial charge on any atom is 0.490 e. The van der Waals surface area contributed by atoms with E-state index in [9.17, 15) is 31.6 Å². The Morgan fingerprint density at radius 3 is 2.17 bits per heavy atom. The molecule has 0 atom stereocenters. The van der Waals surface area contributed by atoms with E-state index in [-0.39, 0.29) is 17.1 Å². The maximum absolute atomic E-state index is 13.4. The molecule has 4 rings (SSSR count). The maximum atomic E-state index is 13.4. The van der Waals surface area contributed by atoms with Crippen LogP contribution in [0.3, 0.4) is 0 Å². The van der Waals surface area contributed by atoms with Crippen molar-refractivity contribution in [2.75, 3.05) is 37.6 Å². The predicted molar refractivity (Wildman–Crippen MR) is 112 cm³/mol. The quantitative estimate of drug-likeness (QED) is 0.628. The minimum Gasteiger partial charge on any atom is -0.475 e. The Morgan fingerprint density at radius 1 is 1.06 bits per heavy atom. The number of hydrogen-bond donors (Lipinski definition) is 1. The summed E-state index contributed by atoms with van der Waals surface area (Å²) < 4.78 is 71.9. The highest BCUT2D eigenvalue weighted by molar-refractivity contribution is 5.73. The molecule has 1 saturated carbocycles. The Hall–Kier alpha value is -3.40. The molecule has 13 heteroatoms. The molecule has 0 spiro atoms. The summed E-state index contributed by atoms with van der Waals surface area (Å²) in [6.07, 6.45) is -6.97. The molecular formula is C22H21F6N5O2. The summed E-state index contributed by atoms with van der Waals surface area (Å²) in [4.78, 5) is 21.6. The first-order valence-electron chi connectivity index (χ1n) is 10.6. The van der Waals surface area contributed by atoms with Crippen molar-refractivity contribution >= 4 is 11.8 Å². The van der Waals surface area contributed by atoms with Gasteiger partial charge >= 0.3 is 18.3 Å². The molecule has 2 aliphatic rings. The zero-order valence-electron chi connectivity index (χ0n) is 18.3. The van der Waals surface area contributed by atoms with E-state index < -0.39 is 23.9 Å². The Bertz CT molecular complexity index is 1090. The van der Waals surface area contributed by atoms with Crippen molar-refractivity contribution < 1.29 is 36.2 Å². The SMILES string of the molecule is N#Cc1nc(-c2ccccc2C(F)(F)F)cc(N2CCN(CC3CC3)CC2)n1.O=C(O)C(F)(F)F. The number of nitriles is 1. The summed E-state index contributed by atoms with van der Waals surface area (Å²) in [5, 5.41) is 16.4. The van der Waals surface area contributed by atoms with Gasteiger partial charge in [-0.25, -0.2) is 14.8 Å². The van der Waals surface area contributed by atoms with Crippen LogP contribution < -0.4 is 4.90 Å². The highest BCUT2D eigenvalue weighted by atomic mass is 19.4. The average Bonchev–Trinajstić information content (AvgIpc) is 3.62. The van der Waals surface area contributed by atoms with Crippen LogP contribution in [-0.2, 0) is 11.0 Å². The Kier molecular flexibility index (Phi) is 7.84. The van der Waals surface area contributed by atoms with Gasteiger partial charge in [0.2, 0.25) is 5.82 Å². The summed E-state index contributed by atoms with van der Waals surface area (Å²) >= 11 is 0. The topological polar surface area (TPSA) is 93.4 Å². The predicted octanol–water partition coefficient (Wildman–Crippen LogP) is 4.20. The first-order chi connectivity index (χ1) is 16.4. The van der Waals surface area contributed by atoms with Gasteiger partial charge in [0.05, 0.1) is 11.3 Å². The molecule has 0 unspecified atom stereocenters. The van der Waals surface area contributed by atoms with Crippen LogP contribution in [0.2, 0.25) is 0 Å². The van der Waals surface area contributed by atoms with E-state index in [0.29, 0.717) is 5.82 Å². The van der Waals surface area contributed by atoms with Crippen LogP contribution in [0.4, 0.5) is 32.2 Å². The number of alkyl halides is 6. The van der Waals surface area contributed by atoms with E-state index in [1.807, 2.05) is 11.0 Å². The minimum absolute atomic E-state index is 0.0393. The molecule has 0 amide bonds. The normalized spacial score (nSPS) is 16.8. The van der Waals surface area contributed by atoms with Gasteiger partial charge in [0, 0.05) is 44.4 Å². The molecule has 1 aromatic heterocycles. The fourth-order valence-electron chi connectivity index (χ4n) is 3.56. The van der Waals surface area contributed by atoms with Crippen molar-refractivity contribution in [2.45, 2.75) is 25.2 Å². The second-order valence-electron chi connectivity index (χ2n) is 8.12. The van der Waals surface area contributed by atoms with E-state index >= 15 is 0 Å². The Balaban J connectivity index is 0.000000429. The van der Waals surface area contributed by atoms with Crippen molar-refractivity contribution in [1.82, 2.24) is 14.9 Å². The number of piperazine rings is 1. The van der Waals surface area contributed by atoms with Gasteiger partial charge in [-0.15, -0.1) is 0 Å². The van der Waals surface area contributed by atoms with Gasteiger partial charge in [-0.2, -0.15) is 31.6 Å². The van der Waals surface area contributed by atoms with Crippen molar-refractivity contribution in [2.24, 2.45) is 5.92 Å². The van der Waals surface area contributed by atoms with Crippen LogP contribution in [-0.4, -0.2) is 64.8 Å². The number of halogens is 6. The zero-order chi connectivity index (χ0) is 25.8. The monoisotopic (exact) mass is 501 g/mol. The van der Waals surface area contributed by atoms with Crippen molar-refractivity contribution in [3.63, 3.8) is 0 Å². The third-order valence-corrected chi connectivity index (χ3v) is 5.47. The first kappa shape index (κ1) is 26.2.